The maximum absolute atomic E-state index is 10.9. The van der Waals surface area contributed by atoms with E-state index in [2.05, 4.69) is 30.5 Å². The third-order valence-corrected chi connectivity index (χ3v) is 4.02. The third-order valence-electron chi connectivity index (χ3n) is 4.02. The zero-order valence-corrected chi connectivity index (χ0v) is 12.9. The molecule has 0 saturated carbocycles. The molecule has 7 heteroatoms. The molecule has 2 N–H and O–H groups in total. The van der Waals surface area contributed by atoms with Crippen LogP contribution in [0, 0.1) is 12.8 Å². The van der Waals surface area contributed by atoms with E-state index in [1.807, 2.05) is 13.0 Å². The van der Waals surface area contributed by atoms with E-state index < -0.39 is 0 Å². The first-order valence-corrected chi connectivity index (χ1v) is 7.86. The van der Waals surface area contributed by atoms with Crippen molar-refractivity contribution in [2.24, 2.45) is 10.9 Å². The molecular weight excluding hydrogens is 280 g/mol. The van der Waals surface area contributed by atoms with Gasteiger partial charge in [0.05, 0.1) is 0 Å². The second kappa shape index (κ2) is 6.72. The lowest BCUT2D eigenvalue weighted by molar-refractivity contribution is -0.111. The van der Waals surface area contributed by atoms with Crippen molar-refractivity contribution in [2.45, 2.75) is 26.2 Å². The number of aryl methyl sites for hydroxylation is 1. The van der Waals surface area contributed by atoms with Crippen LogP contribution in [-0.4, -0.2) is 48.4 Å². The van der Waals surface area contributed by atoms with E-state index in [1.54, 1.807) is 0 Å². The SMILES string of the molecule is Cc1cc(N2CCC(C=O)CC2)nc(NC2=NCCCN2)n1. The Labute approximate surface area is 130 Å². The second-order valence-corrected chi connectivity index (χ2v) is 5.79. The van der Waals surface area contributed by atoms with Gasteiger partial charge in [-0.25, -0.2) is 4.98 Å². The van der Waals surface area contributed by atoms with Crippen LogP contribution in [0.3, 0.4) is 0 Å². The molecule has 118 valence electrons. The zero-order valence-electron chi connectivity index (χ0n) is 12.9. The van der Waals surface area contributed by atoms with Gasteiger partial charge in [-0.2, -0.15) is 4.98 Å². The average molecular weight is 302 g/mol. The molecule has 1 saturated heterocycles. The number of carbonyl (C=O) groups is 1. The second-order valence-electron chi connectivity index (χ2n) is 5.79. The van der Waals surface area contributed by atoms with E-state index in [0.717, 1.165) is 69.2 Å². The number of hydrogen-bond donors (Lipinski definition) is 2. The Balaban J connectivity index is 1.72. The predicted molar refractivity (Wildman–Crippen MR) is 86.3 cm³/mol. The molecule has 0 atom stereocenters. The maximum atomic E-state index is 10.9. The van der Waals surface area contributed by atoms with Crippen molar-refractivity contribution in [3.63, 3.8) is 0 Å². The highest BCUT2D eigenvalue weighted by Crippen LogP contribution is 2.22. The molecule has 1 aromatic rings. The number of aldehydes is 1. The minimum atomic E-state index is 0.192. The van der Waals surface area contributed by atoms with Crippen LogP contribution in [0.5, 0.6) is 0 Å². The van der Waals surface area contributed by atoms with Gasteiger partial charge in [-0.1, -0.05) is 0 Å². The molecule has 0 radical (unpaired) electrons. The minimum Gasteiger partial charge on any atom is -0.356 e. The summed E-state index contributed by atoms with van der Waals surface area (Å²) < 4.78 is 0. The topological polar surface area (TPSA) is 82.5 Å². The maximum Gasteiger partial charge on any atom is 0.231 e. The normalized spacial score (nSPS) is 19.3. The largest absolute Gasteiger partial charge is 0.356 e. The van der Waals surface area contributed by atoms with Crippen LogP contribution in [0.1, 0.15) is 25.0 Å². The van der Waals surface area contributed by atoms with Crippen LogP contribution in [0.25, 0.3) is 0 Å². The quantitative estimate of drug-likeness (QED) is 0.809. The molecule has 0 spiro atoms. The number of aromatic nitrogens is 2. The molecule has 1 aromatic heterocycles. The van der Waals surface area contributed by atoms with Gasteiger partial charge in [-0.15, -0.1) is 0 Å². The Morgan fingerprint density at radius 2 is 2.18 bits per heavy atom. The number of nitrogens with one attached hydrogen (secondary N) is 2. The van der Waals surface area contributed by atoms with E-state index in [1.165, 1.54) is 0 Å². The Morgan fingerprint density at radius 1 is 1.36 bits per heavy atom. The Hall–Kier alpha value is -2.18. The van der Waals surface area contributed by atoms with Gasteiger partial charge < -0.3 is 15.0 Å². The lowest BCUT2D eigenvalue weighted by Gasteiger charge is -2.30. The highest BCUT2D eigenvalue weighted by atomic mass is 16.1. The molecule has 0 aliphatic carbocycles. The first-order chi connectivity index (χ1) is 10.7. The summed E-state index contributed by atoms with van der Waals surface area (Å²) >= 11 is 0. The summed E-state index contributed by atoms with van der Waals surface area (Å²) in [6.07, 6.45) is 3.91. The van der Waals surface area contributed by atoms with Gasteiger partial charge in [0.25, 0.3) is 0 Å². The average Bonchev–Trinajstić information content (AvgIpc) is 2.55. The highest BCUT2D eigenvalue weighted by molar-refractivity contribution is 5.92. The number of rotatable bonds is 3. The van der Waals surface area contributed by atoms with E-state index in [9.17, 15) is 4.79 Å². The van der Waals surface area contributed by atoms with Gasteiger partial charge in [0.2, 0.25) is 5.95 Å². The first-order valence-electron chi connectivity index (χ1n) is 7.86. The third kappa shape index (κ3) is 3.52. The first kappa shape index (κ1) is 14.7. The highest BCUT2D eigenvalue weighted by Gasteiger charge is 2.20. The minimum absolute atomic E-state index is 0.192. The van der Waals surface area contributed by atoms with Gasteiger partial charge in [-0.05, 0) is 26.2 Å². The Kier molecular flexibility index (Phi) is 4.50. The fourth-order valence-corrected chi connectivity index (χ4v) is 2.76. The zero-order chi connectivity index (χ0) is 15.4. The molecule has 2 aliphatic heterocycles. The van der Waals surface area contributed by atoms with Gasteiger partial charge in [-0.3, -0.25) is 10.3 Å². The van der Waals surface area contributed by atoms with E-state index >= 15 is 0 Å². The van der Waals surface area contributed by atoms with Crippen molar-refractivity contribution in [2.75, 3.05) is 36.4 Å². The lowest BCUT2D eigenvalue weighted by atomic mass is 9.99. The van der Waals surface area contributed by atoms with E-state index in [0.29, 0.717) is 5.95 Å². The van der Waals surface area contributed by atoms with Crippen LogP contribution < -0.4 is 15.5 Å². The number of anilines is 2. The summed E-state index contributed by atoms with van der Waals surface area (Å²) in [5.41, 5.74) is 0.918. The molecule has 1 fully saturated rings. The summed E-state index contributed by atoms with van der Waals surface area (Å²) in [6.45, 7) is 5.43. The van der Waals surface area contributed by atoms with Crippen molar-refractivity contribution in [1.29, 1.82) is 0 Å². The van der Waals surface area contributed by atoms with Crippen molar-refractivity contribution < 1.29 is 4.79 Å². The van der Waals surface area contributed by atoms with Crippen LogP contribution in [0.2, 0.25) is 0 Å². The predicted octanol–water partition coefficient (Wildman–Crippen LogP) is 0.962. The lowest BCUT2D eigenvalue weighted by Crippen LogP contribution is -2.37. The fraction of sp³-hybridized carbons (Fsp3) is 0.600. The standard InChI is InChI=1S/C15H22N6O/c1-11-9-13(21-7-3-12(10-22)4-8-21)19-15(18-11)20-14-16-5-2-6-17-14/h9-10,12H,2-8H2,1H3,(H2,16,17,18,19,20). The van der Waals surface area contributed by atoms with Gasteiger partial charge in [0, 0.05) is 43.9 Å². The van der Waals surface area contributed by atoms with Crippen molar-refractivity contribution in [3.8, 4) is 0 Å². The molecule has 2 aliphatic rings. The summed E-state index contributed by atoms with van der Waals surface area (Å²) in [4.78, 5) is 26.5. The van der Waals surface area contributed by atoms with Gasteiger partial charge in [0.1, 0.15) is 12.1 Å². The molecule has 3 rings (SSSR count). The van der Waals surface area contributed by atoms with Crippen LogP contribution in [0.4, 0.5) is 11.8 Å². The van der Waals surface area contributed by atoms with Crippen molar-refractivity contribution in [1.82, 2.24) is 15.3 Å². The Bertz CT molecular complexity index is 565. The summed E-state index contributed by atoms with van der Waals surface area (Å²) in [7, 11) is 0. The molecule has 0 amide bonds. The van der Waals surface area contributed by atoms with Gasteiger partial charge >= 0.3 is 0 Å². The summed E-state index contributed by atoms with van der Waals surface area (Å²) in [5.74, 6) is 2.41. The van der Waals surface area contributed by atoms with Crippen LogP contribution in [-0.2, 0) is 4.79 Å². The van der Waals surface area contributed by atoms with Crippen LogP contribution >= 0.6 is 0 Å². The molecule has 7 nitrogen and oxygen atoms in total. The molecule has 0 aromatic carbocycles. The summed E-state index contributed by atoms with van der Waals surface area (Å²) in [5, 5.41) is 6.36. The van der Waals surface area contributed by atoms with Crippen molar-refractivity contribution in [3.05, 3.63) is 11.8 Å². The number of carbonyl (C=O) groups excluding carboxylic acids is 1. The number of piperidine rings is 1. The Morgan fingerprint density at radius 3 is 2.86 bits per heavy atom. The molecule has 0 unspecified atom stereocenters. The smallest absolute Gasteiger partial charge is 0.231 e. The fourth-order valence-electron chi connectivity index (χ4n) is 2.76. The number of aliphatic imine (C=N–C) groups is 1. The molecule has 3 heterocycles. The van der Waals surface area contributed by atoms with E-state index in [4.69, 9.17) is 0 Å². The summed E-state index contributed by atoms with van der Waals surface area (Å²) in [6, 6.07) is 1.99. The number of nitrogens with zero attached hydrogens (tertiary/aromatic N) is 4. The molecule has 0 bridgehead atoms. The number of guanidine groups is 1. The van der Waals surface area contributed by atoms with Gasteiger partial charge in [0.15, 0.2) is 5.96 Å². The monoisotopic (exact) mass is 302 g/mol. The van der Waals surface area contributed by atoms with Crippen molar-refractivity contribution >= 4 is 24.0 Å². The van der Waals surface area contributed by atoms with E-state index in [-0.39, 0.29) is 5.92 Å². The number of hydrogen-bond acceptors (Lipinski definition) is 7. The van der Waals surface area contributed by atoms with Crippen LogP contribution in [0.15, 0.2) is 11.1 Å². The molecule has 22 heavy (non-hydrogen) atoms. The molecular formula is C15H22N6O.